The average molecular weight is 486 g/mol. The van der Waals surface area contributed by atoms with E-state index in [1.165, 1.54) is 11.6 Å². The number of pyridine rings is 1. The van der Waals surface area contributed by atoms with Gasteiger partial charge < -0.3 is 30.6 Å². The number of aromatic nitrogens is 3. The quantitative estimate of drug-likeness (QED) is 0.464. The van der Waals surface area contributed by atoms with E-state index in [2.05, 4.69) is 25.5 Å². The van der Waals surface area contributed by atoms with Crippen molar-refractivity contribution in [1.29, 1.82) is 0 Å². The molecule has 0 saturated carbocycles. The minimum atomic E-state index is -0.320. The van der Waals surface area contributed by atoms with Crippen LogP contribution in [0.4, 0.5) is 17.5 Å². The fraction of sp³-hybridized carbons (Fsp3) is 0.391. The number of rotatable bonds is 7. The predicted octanol–water partition coefficient (Wildman–Crippen LogP) is 2.03. The predicted molar refractivity (Wildman–Crippen MR) is 133 cm³/mol. The number of piperidine rings is 1. The van der Waals surface area contributed by atoms with Gasteiger partial charge in [0.25, 0.3) is 11.5 Å². The smallest absolute Gasteiger partial charge is 0.293 e. The number of carbonyl (C=O) groups excluding carboxylic acids is 1. The second-order valence-corrected chi connectivity index (χ2v) is 8.67. The van der Waals surface area contributed by atoms with Crippen molar-refractivity contribution in [2.45, 2.75) is 12.8 Å². The van der Waals surface area contributed by atoms with Crippen molar-refractivity contribution < 1.29 is 9.53 Å². The van der Waals surface area contributed by atoms with Crippen molar-refractivity contribution in [2.24, 2.45) is 18.7 Å². The summed E-state index contributed by atoms with van der Waals surface area (Å²) in [7, 11) is 3.17. The van der Waals surface area contributed by atoms with E-state index in [1.54, 1.807) is 19.3 Å². The number of benzene rings is 1. The van der Waals surface area contributed by atoms with E-state index in [-0.39, 0.29) is 23.8 Å². The van der Waals surface area contributed by atoms with Gasteiger partial charge in [0.2, 0.25) is 5.95 Å². The number of anilines is 3. The maximum atomic E-state index is 12.6. The molecule has 3 heterocycles. The molecule has 3 aromatic rings. The van der Waals surface area contributed by atoms with Gasteiger partial charge in [-0.25, -0.2) is 4.98 Å². The first kappa shape index (κ1) is 23.8. The first-order valence-corrected chi connectivity index (χ1v) is 11.5. The Morgan fingerprint density at radius 3 is 2.76 bits per heavy atom. The van der Waals surface area contributed by atoms with Crippen LogP contribution in [0.25, 0.3) is 10.9 Å². The highest BCUT2D eigenvalue weighted by Crippen LogP contribution is 2.28. The molecule has 0 aliphatic carbocycles. The Hall–Kier alpha value is -3.37. The number of nitrogens with one attached hydrogen (secondary N) is 2. The zero-order valence-electron chi connectivity index (χ0n) is 19.2. The Morgan fingerprint density at radius 1 is 1.29 bits per heavy atom. The van der Waals surface area contributed by atoms with Gasteiger partial charge in [-0.15, -0.1) is 0 Å². The Morgan fingerprint density at radius 2 is 2.06 bits per heavy atom. The number of nitrogens with two attached hydrogens (primary N) is 1. The largest absolute Gasteiger partial charge is 0.478 e. The molecule has 34 heavy (non-hydrogen) atoms. The van der Waals surface area contributed by atoms with E-state index in [0.29, 0.717) is 29.3 Å². The van der Waals surface area contributed by atoms with E-state index in [4.69, 9.17) is 22.1 Å². The maximum absolute atomic E-state index is 12.6. The molecule has 0 atom stereocenters. The van der Waals surface area contributed by atoms with E-state index >= 15 is 0 Å². The molecule has 1 fully saturated rings. The average Bonchev–Trinajstić information content (AvgIpc) is 2.86. The fourth-order valence-electron chi connectivity index (χ4n) is 3.95. The molecule has 11 heteroatoms. The third kappa shape index (κ3) is 5.07. The number of ether oxygens (including phenoxy) is 1. The van der Waals surface area contributed by atoms with Crippen molar-refractivity contribution >= 4 is 45.9 Å². The number of fused-ring (bicyclic) bond motifs is 1. The van der Waals surface area contributed by atoms with Crippen LogP contribution in [0.2, 0.25) is 5.02 Å². The first-order valence-electron chi connectivity index (χ1n) is 11.1. The van der Waals surface area contributed by atoms with Crippen molar-refractivity contribution in [1.82, 2.24) is 19.9 Å². The first-order chi connectivity index (χ1) is 16.4. The molecular formula is C23H28ClN7O3. The van der Waals surface area contributed by atoms with Crippen LogP contribution < -0.4 is 31.6 Å². The van der Waals surface area contributed by atoms with Gasteiger partial charge in [0.1, 0.15) is 5.02 Å². The molecule has 2 aromatic heterocycles. The third-order valence-corrected chi connectivity index (χ3v) is 6.33. The summed E-state index contributed by atoms with van der Waals surface area (Å²) >= 11 is 6.38. The zero-order chi connectivity index (χ0) is 24.2. The lowest BCUT2D eigenvalue weighted by Crippen LogP contribution is -2.37. The van der Waals surface area contributed by atoms with Gasteiger partial charge in [-0.1, -0.05) is 11.6 Å². The number of hydrogen-bond donors (Lipinski definition) is 3. The van der Waals surface area contributed by atoms with E-state index < -0.39 is 0 Å². The molecule has 1 aliphatic rings. The highest BCUT2D eigenvalue weighted by Gasteiger charge is 2.21. The van der Waals surface area contributed by atoms with Crippen LogP contribution in [0, 0.1) is 5.92 Å². The number of aryl methyl sites for hydroxylation is 1. The van der Waals surface area contributed by atoms with Gasteiger partial charge >= 0.3 is 0 Å². The minimum Gasteiger partial charge on any atom is -0.478 e. The molecule has 0 bridgehead atoms. The molecule has 180 valence electrons. The third-order valence-electron chi connectivity index (χ3n) is 6.05. The van der Waals surface area contributed by atoms with Gasteiger partial charge in [0.05, 0.1) is 11.7 Å². The Kier molecular flexibility index (Phi) is 7.18. The molecule has 1 aliphatic heterocycles. The van der Waals surface area contributed by atoms with Crippen LogP contribution in [0.5, 0.6) is 5.75 Å². The topological polar surface area (TPSA) is 127 Å². The number of likely N-dealkylation sites (N-methyl/N-ethyl adjacent to an activating group) is 1. The van der Waals surface area contributed by atoms with Crippen LogP contribution in [0.3, 0.4) is 0 Å². The normalized spacial score (nSPS) is 14.3. The van der Waals surface area contributed by atoms with Gasteiger partial charge in [-0.3, -0.25) is 9.59 Å². The highest BCUT2D eigenvalue weighted by atomic mass is 35.5. The van der Waals surface area contributed by atoms with E-state index in [0.717, 1.165) is 42.5 Å². The Bertz CT molecular complexity index is 1260. The van der Waals surface area contributed by atoms with Crippen molar-refractivity contribution in [3.63, 3.8) is 0 Å². The molecule has 4 N–H and O–H groups in total. The molecule has 4 rings (SSSR count). The summed E-state index contributed by atoms with van der Waals surface area (Å²) in [6, 6.07) is 7.17. The number of nitrogens with zero attached hydrogens (tertiary/aromatic N) is 4. The number of carbonyl (C=O) groups is 1. The van der Waals surface area contributed by atoms with Gasteiger partial charge in [-0.05, 0) is 49.6 Å². The summed E-state index contributed by atoms with van der Waals surface area (Å²) < 4.78 is 6.92. The Labute approximate surface area is 202 Å². The standard InChI is InChI=1S/C23H28ClN7O3/c1-26-20(32)13-34-19-10-15-9-16(3-4-18(15)30(2)22(19)33)28-21-17(24)12-27-23(29-21)31-7-5-14(11-25)6-8-31/h3-4,9-10,12,14H,5-8,11,13,25H2,1-2H3,(H,26,32)(H,27,28,29). The van der Waals surface area contributed by atoms with Gasteiger partial charge in [0, 0.05) is 38.3 Å². The number of halogens is 1. The van der Waals surface area contributed by atoms with Crippen LogP contribution >= 0.6 is 11.6 Å². The van der Waals surface area contributed by atoms with Crippen LogP contribution in [0.1, 0.15) is 12.8 Å². The maximum Gasteiger partial charge on any atom is 0.293 e. The Balaban J connectivity index is 1.59. The number of hydrogen-bond acceptors (Lipinski definition) is 8. The monoisotopic (exact) mass is 485 g/mol. The molecule has 1 aromatic carbocycles. The zero-order valence-corrected chi connectivity index (χ0v) is 19.9. The molecule has 0 spiro atoms. The molecular weight excluding hydrogens is 458 g/mol. The number of amides is 1. The van der Waals surface area contributed by atoms with Crippen molar-refractivity contribution in [3.05, 3.63) is 45.8 Å². The van der Waals surface area contributed by atoms with E-state index in [9.17, 15) is 9.59 Å². The van der Waals surface area contributed by atoms with Gasteiger partial charge in [0.15, 0.2) is 18.2 Å². The van der Waals surface area contributed by atoms with Gasteiger partial charge in [-0.2, -0.15) is 4.98 Å². The summed E-state index contributed by atoms with van der Waals surface area (Å²) in [5.74, 6) is 1.43. The molecule has 10 nitrogen and oxygen atoms in total. The molecule has 1 amide bonds. The van der Waals surface area contributed by atoms with Crippen LogP contribution in [-0.4, -0.2) is 53.7 Å². The second-order valence-electron chi connectivity index (χ2n) is 8.27. The fourth-order valence-corrected chi connectivity index (χ4v) is 4.09. The second kappa shape index (κ2) is 10.3. The summed E-state index contributed by atoms with van der Waals surface area (Å²) in [5, 5.41) is 6.88. The van der Waals surface area contributed by atoms with Crippen LogP contribution in [0.15, 0.2) is 35.3 Å². The lowest BCUT2D eigenvalue weighted by atomic mass is 9.97. The summed E-state index contributed by atoms with van der Waals surface area (Å²) in [6.45, 7) is 2.17. The van der Waals surface area contributed by atoms with Crippen molar-refractivity contribution in [2.75, 3.05) is 43.5 Å². The van der Waals surface area contributed by atoms with Crippen LogP contribution in [-0.2, 0) is 11.8 Å². The molecule has 0 unspecified atom stereocenters. The lowest BCUT2D eigenvalue weighted by Gasteiger charge is -2.31. The molecule has 1 saturated heterocycles. The van der Waals surface area contributed by atoms with E-state index in [1.807, 2.05) is 18.2 Å². The molecule has 0 radical (unpaired) electrons. The lowest BCUT2D eigenvalue weighted by molar-refractivity contribution is -0.122. The SMILES string of the molecule is CNC(=O)COc1cc2cc(Nc3nc(N4CCC(CN)CC4)ncc3Cl)ccc2n(C)c1=O. The minimum absolute atomic E-state index is 0.0963. The summed E-state index contributed by atoms with van der Waals surface area (Å²) in [5.41, 5.74) is 6.93. The summed E-state index contributed by atoms with van der Waals surface area (Å²) in [6.07, 6.45) is 3.62. The summed E-state index contributed by atoms with van der Waals surface area (Å²) in [4.78, 5) is 35.3. The highest BCUT2D eigenvalue weighted by molar-refractivity contribution is 6.32. The van der Waals surface area contributed by atoms with Crippen molar-refractivity contribution in [3.8, 4) is 5.75 Å².